The van der Waals surface area contributed by atoms with E-state index >= 15 is 0 Å². The fourth-order valence-electron chi connectivity index (χ4n) is 3.48. The van der Waals surface area contributed by atoms with Crippen LogP contribution in [-0.2, 0) is 24.2 Å². The smallest absolute Gasteiger partial charge is 0.349 e. The molecule has 0 radical (unpaired) electrons. The quantitative estimate of drug-likeness (QED) is 0.511. The number of furan rings is 1. The number of aromatic nitrogens is 2. The van der Waals surface area contributed by atoms with E-state index in [4.69, 9.17) is 4.42 Å². The summed E-state index contributed by atoms with van der Waals surface area (Å²) in [5, 5.41) is 3.57. The molecule has 0 aliphatic heterocycles. The van der Waals surface area contributed by atoms with Crippen molar-refractivity contribution in [3.8, 4) is 0 Å². The molecule has 1 amide bonds. The summed E-state index contributed by atoms with van der Waals surface area (Å²) < 4.78 is 7.07. The van der Waals surface area contributed by atoms with E-state index in [0.717, 1.165) is 47.5 Å². The molecule has 1 aromatic carbocycles. The molecule has 7 heteroatoms. The summed E-state index contributed by atoms with van der Waals surface area (Å²) in [6.45, 7) is 2.37. The molecular weight excluding hydrogens is 374 g/mol. The van der Waals surface area contributed by atoms with E-state index in [-0.39, 0.29) is 17.3 Å². The number of nitrogens with one attached hydrogen (secondary N) is 1. The molecule has 0 unspecified atom stereocenters. The molecule has 0 saturated heterocycles. The third kappa shape index (κ3) is 4.04. The van der Waals surface area contributed by atoms with Crippen LogP contribution in [0.25, 0.3) is 0 Å². The Bertz CT molecular complexity index is 1060. The minimum Gasteiger partial charge on any atom is -0.467 e. The average molecular weight is 395 g/mol. The fraction of sp³-hybridized carbons (Fsp3) is 0.286. The van der Waals surface area contributed by atoms with E-state index in [2.05, 4.69) is 10.3 Å². The summed E-state index contributed by atoms with van der Waals surface area (Å²) in [6.07, 6.45) is 4.31. The first-order valence-corrected chi connectivity index (χ1v) is 10.2. The number of fused-ring (bicyclic) bond motifs is 1. The number of aryl methyl sites for hydroxylation is 1. The van der Waals surface area contributed by atoms with Crippen molar-refractivity contribution >= 4 is 23.4 Å². The molecule has 1 aliphatic rings. The van der Waals surface area contributed by atoms with Crippen molar-refractivity contribution in [2.24, 2.45) is 0 Å². The molecule has 0 atom stereocenters. The first-order chi connectivity index (χ1) is 13.6. The highest BCUT2D eigenvalue weighted by Gasteiger charge is 2.23. The highest BCUT2D eigenvalue weighted by Crippen LogP contribution is 2.29. The standard InChI is InChI=1S/C21H21N3O3S/c1-14-5-2-6-15(11-14)22-19(25)13-28-20-17-8-3-9-18(17)24(21(26)23-20)12-16-7-4-10-27-16/h2,4-7,10-11H,3,8-9,12-13H2,1H3,(H,22,25). The Morgan fingerprint density at radius 2 is 2.18 bits per heavy atom. The molecule has 2 aromatic heterocycles. The van der Waals surface area contributed by atoms with Gasteiger partial charge in [-0.2, -0.15) is 4.98 Å². The van der Waals surface area contributed by atoms with Gasteiger partial charge in [0.05, 0.1) is 18.6 Å². The van der Waals surface area contributed by atoms with E-state index < -0.39 is 0 Å². The van der Waals surface area contributed by atoms with E-state index in [0.29, 0.717) is 11.6 Å². The zero-order chi connectivity index (χ0) is 19.5. The van der Waals surface area contributed by atoms with Crippen LogP contribution in [0.3, 0.4) is 0 Å². The van der Waals surface area contributed by atoms with Gasteiger partial charge in [-0.25, -0.2) is 4.79 Å². The van der Waals surface area contributed by atoms with Crippen LogP contribution in [0.4, 0.5) is 5.69 Å². The largest absolute Gasteiger partial charge is 0.467 e. The van der Waals surface area contributed by atoms with Gasteiger partial charge in [-0.3, -0.25) is 9.36 Å². The zero-order valence-electron chi connectivity index (χ0n) is 15.6. The maximum Gasteiger partial charge on any atom is 0.349 e. The molecule has 0 spiro atoms. The summed E-state index contributed by atoms with van der Waals surface area (Å²) in [6, 6.07) is 11.3. The van der Waals surface area contributed by atoms with Gasteiger partial charge in [-0.05, 0) is 56.0 Å². The molecule has 6 nitrogen and oxygen atoms in total. The van der Waals surface area contributed by atoms with Crippen LogP contribution in [0.15, 0.2) is 56.9 Å². The van der Waals surface area contributed by atoms with Crippen LogP contribution in [0.1, 0.15) is 29.0 Å². The number of rotatable bonds is 6. The van der Waals surface area contributed by atoms with Gasteiger partial charge in [0.1, 0.15) is 10.8 Å². The highest BCUT2D eigenvalue weighted by atomic mass is 32.2. The van der Waals surface area contributed by atoms with E-state index in [1.54, 1.807) is 10.8 Å². The second kappa shape index (κ2) is 8.06. The van der Waals surface area contributed by atoms with Gasteiger partial charge in [0, 0.05) is 16.9 Å². The normalized spacial score (nSPS) is 12.8. The van der Waals surface area contributed by atoms with E-state index in [1.165, 1.54) is 11.8 Å². The predicted octanol–water partition coefficient (Wildman–Crippen LogP) is 3.41. The van der Waals surface area contributed by atoms with E-state index in [9.17, 15) is 9.59 Å². The number of thioether (sulfide) groups is 1. The molecule has 1 aliphatic carbocycles. The third-order valence-electron chi connectivity index (χ3n) is 4.74. The lowest BCUT2D eigenvalue weighted by atomic mass is 10.2. The van der Waals surface area contributed by atoms with Crippen molar-refractivity contribution in [2.45, 2.75) is 37.8 Å². The lowest BCUT2D eigenvalue weighted by Gasteiger charge is -2.13. The van der Waals surface area contributed by atoms with Crippen molar-refractivity contribution in [1.82, 2.24) is 9.55 Å². The van der Waals surface area contributed by atoms with Crippen LogP contribution < -0.4 is 11.0 Å². The van der Waals surface area contributed by atoms with Crippen molar-refractivity contribution in [1.29, 1.82) is 0 Å². The third-order valence-corrected chi connectivity index (χ3v) is 5.75. The maximum absolute atomic E-state index is 12.6. The molecule has 28 heavy (non-hydrogen) atoms. The molecule has 144 valence electrons. The van der Waals surface area contributed by atoms with Crippen LogP contribution in [0.5, 0.6) is 0 Å². The Morgan fingerprint density at radius 3 is 2.96 bits per heavy atom. The van der Waals surface area contributed by atoms with Gasteiger partial charge in [-0.1, -0.05) is 23.9 Å². The van der Waals surface area contributed by atoms with E-state index in [1.807, 2.05) is 43.3 Å². The zero-order valence-corrected chi connectivity index (χ0v) is 16.4. The van der Waals surface area contributed by atoms with Gasteiger partial charge in [0.25, 0.3) is 0 Å². The first kappa shape index (κ1) is 18.6. The summed E-state index contributed by atoms with van der Waals surface area (Å²) in [5.74, 6) is 0.842. The molecule has 0 saturated carbocycles. The fourth-order valence-corrected chi connectivity index (χ4v) is 4.36. The Morgan fingerprint density at radius 1 is 1.29 bits per heavy atom. The van der Waals surface area contributed by atoms with Gasteiger partial charge in [0.2, 0.25) is 5.91 Å². The minimum atomic E-state index is -0.293. The first-order valence-electron chi connectivity index (χ1n) is 9.24. The Labute approximate surface area is 167 Å². The van der Waals surface area contributed by atoms with Crippen molar-refractivity contribution in [2.75, 3.05) is 11.1 Å². The number of hydrogen-bond donors (Lipinski definition) is 1. The second-order valence-corrected chi connectivity index (χ2v) is 7.81. The van der Waals surface area contributed by atoms with Gasteiger partial charge in [-0.15, -0.1) is 0 Å². The van der Waals surface area contributed by atoms with Gasteiger partial charge < -0.3 is 9.73 Å². The monoisotopic (exact) mass is 395 g/mol. The Hall–Kier alpha value is -2.80. The van der Waals surface area contributed by atoms with Crippen LogP contribution in [0, 0.1) is 6.92 Å². The lowest BCUT2D eigenvalue weighted by Crippen LogP contribution is -2.28. The predicted molar refractivity (Wildman–Crippen MR) is 109 cm³/mol. The molecule has 0 fully saturated rings. The van der Waals surface area contributed by atoms with Crippen molar-refractivity contribution in [3.05, 3.63) is 75.7 Å². The summed E-state index contributed by atoms with van der Waals surface area (Å²) in [7, 11) is 0. The van der Waals surface area contributed by atoms with Gasteiger partial charge >= 0.3 is 5.69 Å². The second-order valence-electron chi connectivity index (χ2n) is 6.85. The van der Waals surface area contributed by atoms with Crippen LogP contribution in [0.2, 0.25) is 0 Å². The van der Waals surface area contributed by atoms with Crippen molar-refractivity contribution < 1.29 is 9.21 Å². The number of hydrogen-bond acceptors (Lipinski definition) is 5. The van der Waals surface area contributed by atoms with Gasteiger partial charge in [0.15, 0.2) is 0 Å². The molecule has 1 N–H and O–H groups in total. The Kier molecular flexibility index (Phi) is 5.34. The number of carbonyl (C=O) groups is 1. The SMILES string of the molecule is Cc1cccc(NC(=O)CSc2nc(=O)n(Cc3ccco3)c3c2CCC3)c1. The topological polar surface area (TPSA) is 77.1 Å². The molecular formula is C21H21N3O3S. The van der Waals surface area contributed by atoms with Crippen LogP contribution >= 0.6 is 11.8 Å². The maximum atomic E-state index is 12.6. The molecule has 3 aromatic rings. The number of benzene rings is 1. The summed E-state index contributed by atoms with van der Waals surface area (Å²) in [5.41, 5.74) is 3.67. The lowest BCUT2D eigenvalue weighted by molar-refractivity contribution is -0.113. The summed E-state index contributed by atoms with van der Waals surface area (Å²) >= 11 is 1.33. The highest BCUT2D eigenvalue weighted by molar-refractivity contribution is 8.00. The molecule has 4 rings (SSSR count). The molecule has 2 heterocycles. The Balaban J connectivity index is 1.49. The minimum absolute atomic E-state index is 0.107. The number of carbonyl (C=O) groups excluding carboxylic acids is 1. The number of nitrogens with zero attached hydrogens (tertiary/aromatic N) is 2. The van der Waals surface area contributed by atoms with Crippen molar-refractivity contribution in [3.63, 3.8) is 0 Å². The van der Waals surface area contributed by atoms with Crippen LogP contribution in [-0.4, -0.2) is 21.2 Å². The average Bonchev–Trinajstić information content (AvgIpc) is 3.34. The molecule has 0 bridgehead atoms. The summed E-state index contributed by atoms with van der Waals surface area (Å²) in [4.78, 5) is 29.2. The number of anilines is 1. The number of amides is 1.